The molecule has 0 saturated heterocycles. The van der Waals surface area contributed by atoms with E-state index in [2.05, 4.69) is 15.5 Å². The molecule has 1 amide bonds. The number of nitrogens with zero attached hydrogens (tertiary/aromatic N) is 3. The standard InChI is InChI=1S/C15H15N5OS2/c16-20-10-17-19-15(20)23-9-13(21)18-14(12-7-4-8-22-12)11-5-2-1-3-6-11/h1-8,10,14H,9,16H2,(H,18,21)/t14-/m1/s1. The third-order valence-electron chi connectivity index (χ3n) is 3.14. The first-order valence-corrected chi connectivity index (χ1v) is 8.76. The van der Waals surface area contributed by atoms with Crippen LogP contribution in [0, 0.1) is 0 Å². The van der Waals surface area contributed by atoms with Gasteiger partial charge < -0.3 is 11.2 Å². The van der Waals surface area contributed by atoms with Crippen molar-refractivity contribution in [1.82, 2.24) is 20.2 Å². The number of benzene rings is 1. The number of carbonyl (C=O) groups is 1. The number of carbonyl (C=O) groups excluding carboxylic acids is 1. The molecule has 3 rings (SSSR count). The van der Waals surface area contributed by atoms with Gasteiger partial charge in [-0.25, -0.2) is 4.68 Å². The summed E-state index contributed by atoms with van der Waals surface area (Å²) in [6.45, 7) is 0. The Balaban J connectivity index is 1.69. The Kier molecular flexibility index (Phi) is 4.94. The summed E-state index contributed by atoms with van der Waals surface area (Å²) in [5.74, 6) is 5.78. The summed E-state index contributed by atoms with van der Waals surface area (Å²) in [5, 5.41) is 13.1. The zero-order valence-electron chi connectivity index (χ0n) is 12.1. The lowest BCUT2D eigenvalue weighted by molar-refractivity contribution is -0.119. The number of nitrogens with two attached hydrogens (primary N) is 1. The summed E-state index contributed by atoms with van der Waals surface area (Å²) in [6, 6.07) is 13.8. The Morgan fingerprint density at radius 1 is 1.30 bits per heavy atom. The number of thiophene rings is 1. The third kappa shape index (κ3) is 3.91. The second-order valence-corrected chi connectivity index (χ2v) is 6.66. The van der Waals surface area contributed by atoms with E-state index in [9.17, 15) is 4.79 Å². The zero-order chi connectivity index (χ0) is 16.1. The predicted octanol–water partition coefficient (Wildman–Crippen LogP) is 2.05. The molecule has 2 heterocycles. The molecule has 6 nitrogen and oxygen atoms in total. The molecule has 0 fully saturated rings. The van der Waals surface area contributed by atoms with Crippen molar-refractivity contribution in [2.75, 3.05) is 11.6 Å². The monoisotopic (exact) mass is 345 g/mol. The highest BCUT2D eigenvalue weighted by Gasteiger charge is 2.18. The maximum Gasteiger partial charge on any atom is 0.231 e. The molecule has 8 heteroatoms. The summed E-state index contributed by atoms with van der Waals surface area (Å²) >= 11 is 2.87. The van der Waals surface area contributed by atoms with Crippen LogP contribution in [-0.4, -0.2) is 26.5 Å². The van der Waals surface area contributed by atoms with Gasteiger partial charge in [-0.3, -0.25) is 4.79 Å². The van der Waals surface area contributed by atoms with E-state index in [4.69, 9.17) is 5.84 Å². The van der Waals surface area contributed by atoms with Gasteiger partial charge in [-0.15, -0.1) is 21.5 Å². The van der Waals surface area contributed by atoms with Gasteiger partial charge in [0.1, 0.15) is 6.33 Å². The summed E-state index contributed by atoms with van der Waals surface area (Å²) in [5.41, 5.74) is 1.05. The van der Waals surface area contributed by atoms with E-state index in [1.807, 2.05) is 47.8 Å². The van der Waals surface area contributed by atoms with Crippen LogP contribution in [0.2, 0.25) is 0 Å². The van der Waals surface area contributed by atoms with Gasteiger partial charge in [0.05, 0.1) is 11.8 Å². The molecule has 1 aromatic carbocycles. The summed E-state index contributed by atoms with van der Waals surface area (Å²) in [6.07, 6.45) is 1.40. The summed E-state index contributed by atoms with van der Waals surface area (Å²) in [4.78, 5) is 13.4. The average molecular weight is 345 g/mol. The molecule has 0 bridgehead atoms. The van der Waals surface area contributed by atoms with Gasteiger partial charge in [-0.1, -0.05) is 48.2 Å². The van der Waals surface area contributed by atoms with Crippen LogP contribution >= 0.6 is 23.1 Å². The smallest absolute Gasteiger partial charge is 0.231 e. The Labute approximate surface area is 141 Å². The number of hydrogen-bond donors (Lipinski definition) is 2. The average Bonchev–Trinajstić information content (AvgIpc) is 3.23. The van der Waals surface area contributed by atoms with Crippen LogP contribution < -0.4 is 11.2 Å². The van der Waals surface area contributed by atoms with Crippen LogP contribution in [0.4, 0.5) is 0 Å². The minimum Gasteiger partial charge on any atom is -0.344 e. The minimum atomic E-state index is -0.153. The van der Waals surface area contributed by atoms with Crippen LogP contribution in [0.15, 0.2) is 59.3 Å². The topological polar surface area (TPSA) is 85.8 Å². The second kappa shape index (κ2) is 7.30. The Morgan fingerprint density at radius 2 is 2.13 bits per heavy atom. The van der Waals surface area contributed by atoms with Crippen LogP contribution in [0.3, 0.4) is 0 Å². The van der Waals surface area contributed by atoms with Gasteiger partial charge in [-0.2, -0.15) is 0 Å². The summed E-state index contributed by atoms with van der Waals surface area (Å²) in [7, 11) is 0. The molecule has 1 atom stereocenters. The van der Waals surface area contributed by atoms with Crippen LogP contribution in [0.5, 0.6) is 0 Å². The van der Waals surface area contributed by atoms with Gasteiger partial charge in [0.15, 0.2) is 0 Å². The molecule has 118 valence electrons. The number of nitrogen functional groups attached to an aromatic ring is 1. The van der Waals surface area contributed by atoms with E-state index >= 15 is 0 Å². The number of nitrogens with one attached hydrogen (secondary N) is 1. The fraction of sp³-hybridized carbons (Fsp3) is 0.133. The fourth-order valence-electron chi connectivity index (χ4n) is 2.09. The van der Waals surface area contributed by atoms with Crippen molar-refractivity contribution in [1.29, 1.82) is 0 Å². The van der Waals surface area contributed by atoms with Crippen molar-refractivity contribution < 1.29 is 4.79 Å². The Morgan fingerprint density at radius 3 is 2.78 bits per heavy atom. The molecule has 0 aliphatic heterocycles. The van der Waals surface area contributed by atoms with Crippen LogP contribution in [-0.2, 0) is 4.79 Å². The molecule has 0 spiro atoms. The highest BCUT2D eigenvalue weighted by molar-refractivity contribution is 7.99. The first-order valence-electron chi connectivity index (χ1n) is 6.89. The van der Waals surface area contributed by atoms with Gasteiger partial charge in [-0.05, 0) is 17.0 Å². The number of amides is 1. The Bertz CT molecular complexity index is 757. The fourth-order valence-corrected chi connectivity index (χ4v) is 3.53. The van der Waals surface area contributed by atoms with Gasteiger partial charge in [0.25, 0.3) is 0 Å². The van der Waals surface area contributed by atoms with E-state index in [0.29, 0.717) is 5.16 Å². The third-order valence-corrected chi connectivity index (χ3v) is 5.03. The maximum atomic E-state index is 12.3. The zero-order valence-corrected chi connectivity index (χ0v) is 13.8. The molecule has 0 aliphatic rings. The molecule has 3 aromatic rings. The van der Waals surface area contributed by atoms with Gasteiger partial charge in [0, 0.05) is 4.88 Å². The van der Waals surface area contributed by atoms with E-state index in [0.717, 1.165) is 10.4 Å². The van der Waals surface area contributed by atoms with Crippen molar-refractivity contribution in [3.05, 3.63) is 64.6 Å². The van der Waals surface area contributed by atoms with Crippen molar-refractivity contribution >= 4 is 29.0 Å². The molecule has 0 unspecified atom stereocenters. The molecule has 0 radical (unpaired) electrons. The highest BCUT2D eigenvalue weighted by Crippen LogP contribution is 2.26. The largest absolute Gasteiger partial charge is 0.344 e. The number of thioether (sulfide) groups is 1. The van der Waals surface area contributed by atoms with E-state index in [1.165, 1.54) is 22.8 Å². The SMILES string of the molecule is Nn1cnnc1SCC(=O)N[C@H](c1ccccc1)c1cccs1. The van der Waals surface area contributed by atoms with E-state index in [-0.39, 0.29) is 17.7 Å². The maximum absolute atomic E-state index is 12.3. The first-order chi connectivity index (χ1) is 11.2. The number of hydrogen-bond acceptors (Lipinski definition) is 6. The lowest BCUT2D eigenvalue weighted by atomic mass is 10.1. The Hall–Kier alpha value is -2.32. The first kappa shape index (κ1) is 15.6. The predicted molar refractivity (Wildman–Crippen MR) is 91.6 cm³/mol. The molecule has 3 N–H and O–H groups in total. The summed E-state index contributed by atoms with van der Waals surface area (Å²) < 4.78 is 1.30. The van der Waals surface area contributed by atoms with Crippen LogP contribution in [0.1, 0.15) is 16.5 Å². The molecule has 0 saturated carbocycles. The molecular formula is C15H15N5OS2. The number of rotatable bonds is 6. The molecule has 23 heavy (non-hydrogen) atoms. The van der Waals surface area contributed by atoms with Gasteiger partial charge >= 0.3 is 0 Å². The highest BCUT2D eigenvalue weighted by atomic mass is 32.2. The minimum absolute atomic E-state index is 0.0831. The quantitative estimate of drug-likeness (QED) is 0.527. The molecule has 0 aliphatic carbocycles. The van der Waals surface area contributed by atoms with E-state index < -0.39 is 0 Å². The number of aromatic nitrogens is 3. The van der Waals surface area contributed by atoms with Crippen molar-refractivity contribution in [3.8, 4) is 0 Å². The molecular weight excluding hydrogens is 330 g/mol. The van der Waals surface area contributed by atoms with Crippen molar-refractivity contribution in [2.24, 2.45) is 0 Å². The second-order valence-electron chi connectivity index (χ2n) is 4.74. The van der Waals surface area contributed by atoms with Crippen molar-refractivity contribution in [2.45, 2.75) is 11.2 Å². The van der Waals surface area contributed by atoms with Crippen LogP contribution in [0.25, 0.3) is 0 Å². The van der Waals surface area contributed by atoms with Crippen molar-refractivity contribution in [3.63, 3.8) is 0 Å². The van der Waals surface area contributed by atoms with Gasteiger partial charge in [0.2, 0.25) is 11.1 Å². The normalized spacial score (nSPS) is 12.0. The lowest BCUT2D eigenvalue weighted by Crippen LogP contribution is -2.30. The lowest BCUT2D eigenvalue weighted by Gasteiger charge is -2.18. The molecule has 2 aromatic heterocycles. The van der Waals surface area contributed by atoms with E-state index in [1.54, 1.807) is 11.3 Å².